The molecule has 0 N–H and O–H groups in total. The van der Waals surface area contributed by atoms with E-state index >= 15 is 0 Å². The molecule has 0 aromatic heterocycles. The van der Waals surface area contributed by atoms with E-state index in [1.54, 1.807) is 0 Å². The highest BCUT2D eigenvalue weighted by Crippen LogP contribution is 2.09. The molecule has 0 fully saturated rings. The van der Waals surface area contributed by atoms with Crippen molar-refractivity contribution >= 4 is 15.9 Å². The topological polar surface area (TPSA) is 0 Å². The van der Waals surface area contributed by atoms with Gasteiger partial charge in [0, 0.05) is 5.33 Å². The summed E-state index contributed by atoms with van der Waals surface area (Å²) in [5, 5.41) is 1.17. The Hall–Kier alpha value is 0.220. The Morgan fingerprint density at radius 2 is 1.06 bits per heavy atom. The molecule has 0 aliphatic heterocycles. The minimum atomic E-state index is 1.17. The van der Waals surface area contributed by atoms with E-state index in [-0.39, 0.29) is 0 Å². The van der Waals surface area contributed by atoms with Crippen LogP contribution in [0.5, 0.6) is 0 Å². The molecule has 0 atom stereocenters. The lowest BCUT2D eigenvalue weighted by atomic mass is 10.1. The summed E-state index contributed by atoms with van der Waals surface area (Å²) in [6.07, 6.45) is 22.8. The van der Waals surface area contributed by atoms with Crippen molar-refractivity contribution in [1.29, 1.82) is 0 Å². The predicted octanol–water partition coefficient (Wildman–Crippen LogP) is 7.03. The van der Waals surface area contributed by atoms with Crippen LogP contribution < -0.4 is 0 Å². The maximum atomic E-state index is 3.48. The quantitative estimate of drug-likeness (QED) is 0.183. The van der Waals surface area contributed by atoms with E-state index < -0.39 is 0 Å². The largest absolute Gasteiger partial charge is 0.0928 e. The number of alkyl halides is 1. The molecule has 0 heterocycles. The Bertz CT molecular complexity index is 163. The van der Waals surface area contributed by atoms with E-state index in [2.05, 4.69) is 35.0 Å². The molecule has 0 amide bonds. The Kier molecular flexibility index (Phi) is 17.4. The Labute approximate surface area is 124 Å². The molecule has 0 bridgehead atoms. The third-order valence-corrected chi connectivity index (χ3v) is 3.96. The molecule has 108 valence electrons. The molecule has 0 unspecified atom stereocenters. The van der Waals surface area contributed by atoms with Gasteiger partial charge in [-0.15, -0.1) is 0 Å². The second-order valence-corrected chi connectivity index (χ2v) is 6.07. The fraction of sp³-hybridized carbons (Fsp3) is 0.882. The Balaban J connectivity index is 3.00. The molecule has 0 radical (unpaired) electrons. The molecule has 0 spiro atoms. The normalized spacial score (nSPS) is 11.4. The van der Waals surface area contributed by atoms with Gasteiger partial charge in [-0.1, -0.05) is 86.4 Å². The molecule has 0 aliphatic carbocycles. The number of allylic oxidation sites excluding steroid dienone is 2. The van der Waals surface area contributed by atoms with Gasteiger partial charge < -0.3 is 0 Å². The molecule has 0 rings (SSSR count). The lowest BCUT2D eigenvalue weighted by Crippen LogP contribution is -1.80. The van der Waals surface area contributed by atoms with Gasteiger partial charge in [-0.3, -0.25) is 0 Å². The van der Waals surface area contributed by atoms with Gasteiger partial charge in [-0.05, 0) is 32.1 Å². The van der Waals surface area contributed by atoms with Crippen LogP contribution in [0.25, 0.3) is 0 Å². The Morgan fingerprint density at radius 1 is 0.611 bits per heavy atom. The third kappa shape index (κ3) is 16.2. The van der Waals surface area contributed by atoms with Crippen molar-refractivity contribution in [3.8, 4) is 0 Å². The summed E-state index contributed by atoms with van der Waals surface area (Å²) in [6.45, 7) is 2.28. The van der Waals surface area contributed by atoms with E-state index in [4.69, 9.17) is 0 Å². The SMILES string of the molecule is CCCCCCC/C=C\CCCCCCCCBr. The van der Waals surface area contributed by atoms with Crippen LogP contribution in [0.3, 0.4) is 0 Å². The van der Waals surface area contributed by atoms with Gasteiger partial charge in [0.25, 0.3) is 0 Å². The van der Waals surface area contributed by atoms with Crippen molar-refractivity contribution in [1.82, 2.24) is 0 Å². The monoisotopic (exact) mass is 316 g/mol. The average Bonchev–Trinajstić information content (AvgIpc) is 2.39. The molecule has 1 heteroatoms. The summed E-state index contributed by atoms with van der Waals surface area (Å²) in [5.41, 5.74) is 0. The summed E-state index contributed by atoms with van der Waals surface area (Å²) in [4.78, 5) is 0. The molecule has 18 heavy (non-hydrogen) atoms. The fourth-order valence-corrected chi connectivity index (χ4v) is 2.56. The first-order valence-corrected chi connectivity index (χ1v) is 9.25. The van der Waals surface area contributed by atoms with Crippen LogP contribution in [0, 0.1) is 0 Å². The van der Waals surface area contributed by atoms with Gasteiger partial charge in [-0.2, -0.15) is 0 Å². The molecule has 0 saturated heterocycles. The zero-order valence-electron chi connectivity index (χ0n) is 12.4. The van der Waals surface area contributed by atoms with Crippen LogP contribution in [0.2, 0.25) is 0 Å². The first-order valence-electron chi connectivity index (χ1n) is 8.12. The van der Waals surface area contributed by atoms with E-state index in [0.29, 0.717) is 0 Å². The van der Waals surface area contributed by atoms with Gasteiger partial charge in [0.1, 0.15) is 0 Å². The molecule has 0 nitrogen and oxygen atoms in total. The first-order chi connectivity index (χ1) is 8.91. The fourth-order valence-electron chi connectivity index (χ4n) is 2.17. The second-order valence-electron chi connectivity index (χ2n) is 5.27. The zero-order chi connectivity index (χ0) is 13.3. The number of hydrogen-bond acceptors (Lipinski definition) is 0. The molecular weight excluding hydrogens is 284 g/mol. The molecule has 0 saturated carbocycles. The highest BCUT2D eigenvalue weighted by atomic mass is 79.9. The summed E-state index contributed by atoms with van der Waals surface area (Å²) >= 11 is 3.48. The maximum Gasteiger partial charge on any atom is 0.00313 e. The van der Waals surface area contributed by atoms with Crippen LogP contribution in [0.4, 0.5) is 0 Å². The highest BCUT2D eigenvalue weighted by molar-refractivity contribution is 9.09. The summed E-state index contributed by atoms with van der Waals surface area (Å²) < 4.78 is 0. The van der Waals surface area contributed by atoms with Gasteiger partial charge in [0.15, 0.2) is 0 Å². The van der Waals surface area contributed by atoms with Crippen LogP contribution >= 0.6 is 15.9 Å². The zero-order valence-corrected chi connectivity index (χ0v) is 14.0. The van der Waals surface area contributed by atoms with Crippen molar-refractivity contribution in [2.24, 2.45) is 0 Å². The van der Waals surface area contributed by atoms with Crippen LogP contribution in [0.1, 0.15) is 90.4 Å². The molecular formula is C17H33Br. The molecule has 0 aromatic rings. The number of halogens is 1. The minimum absolute atomic E-state index is 1.17. The van der Waals surface area contributed by atoms with E-state index in [9.17, 15) is 0 Å². The van der Waals surface area contributed by atoms with Crippen LogP contribution in [0.15, 0.2) is 12.2 Å². The Morgan fingerprint density at radius 3 is 1.56 bits per heavy atom. The second kappa shape index (κ2) is 17.2. The summed E-state index contributed by atoms with van der Waals surface area (Å²) in [5.74, 6) is 0. The minimum Gasteiger partial charge on any atom is -0.0928 e. The lowest BCUT2D eigenvalue weighted by molar-refractivity contribution is 0.612. The van der Waals surface area contributed by atoms with Crippen molar-refractivity contribution in [2.75, 3.05) is 5.33 Å². The smallest absolute Gasteiger partial charge is 0.00313 e. The molecule has 0 aromatic carbocycles. The van der Waals surface area contributed by atoms with Gasteiger partial charge >= 0.3 is 0 Å². The lowest BCUT2D eigenvalue weighted by Gasteiger charge is -1.99. The van der Waals surface area contributed by atoms with Crippen LogP contribution in [-0.4, -0.2) is 5.33 Å². The van der Waals surface area contributed by atoms with Gasteiger partial charge in [0.2, 0.25) is 0 Å². The van der Waals surface area contributed by atoms with Crippen LogP contribution in [-0.2, 0) is 0 Å². The average molecular weight is 317 g/mol. The summed E-state index contributed by atoms with van der Waals surface area (Å²) in [6, 6.07) is 0. The standard InChI is InChI=1S/C17H33Br/c1-2-3-4-5-6-7-8-9-10-11-12-13-14-15-16-17-18/h8-9H,2-7,10-17H2,1H3/b9-8-. The van der Waals surface area contributed by atoms with E-state index in [1.165, 1.54) is 88.8 Å². The first kappa shape index (κ1) is 18.2. The predicted molar refractivity (Wildman–Crippen MR) is 88.6 cm³/mol. The highest BCUT2D eigenvalue weighted by Gasteiger charge is 1.90. The number of rotatable bonds is 14. The van der Waals surface area contributed by atoms with Gasteiger partial charge in [0.05, 0.1) is 0 Å². The maximum absolute atomic E-state index is 3.48. The third-order valence-electron chi connectivity index (χ3n) is 3.40. The van der Waals surface area contributed by atoms with Gasteiger partial charge in [-0.25, -0.2) is 0 Å². The summed E-state index contributed by atoms with van der Waals surface area (Å²) in [7, 11) is 0. The van der Waals surface area contributed by atoms with Crippen molar-refractivity contribution in [3.63, 3.8) is 0 Å². The van der Waals surface area contributed by atoms with E-state index in [0.717, 1.165) is 0 Å². The number of hydrogen-bond donors (Lipinski definition) is 0. The van der Waals surface area contributed by atoms with Crippen molar-refractivity contribution in [2.45, 2.75) is 90.4 Å². The number of unbranched alkanes of at least 4 members (excludes halogenated alkanes) is 11. The van der Waals surface area contributed by atoms with Crippen molar-refractivity contribution in [3.05, 3.63) is 12.2 Å². The van der Waals surface area contributed by atoms with E-state index in [1.807, 2.05) is 0 Å². The van der Waals surface area contributed by atoms with Crippen molar-refractivity contribution < 1.29 is 0 Å². The molecule has 0 aliphatic rings.